The molecule has 0 radical (unpaired) electrons. The first kappa shape index (κ1) is 18.2. The summed E-state index contributed by atoms with van der Waals surface area (Å²) in [6, 6.07) is 7.04. The molecule has 26 heavy (non-hydrogen) atoms. The summed E-state index contributed by atoms with van der Waals surface area (Å²) in [5, 5.41) is 8.96. The second kappa shape index (κ2) is 8.17. The van der Waals surface area contributed by atoms with Gasteiger partial charge in [0.2, 0.25) is 5.91 Å². The van der Waals surface area contributed by atoms with Crippen molar-refractivity contribution in [1.29, 1.82) is 0 Å². The summed E-state index contributed by atoms with van der Waals surface area (Å²) in [6.07, 6.45) is 6.96. The number of nitrogens with zero attached hydrogens (tertiary/aromatic N) is 3. The average Bonchev–Trinajstić information content (AvgIpc) is 3.29. The molecule has 0 bridgehead atoms. The van der Waals surface area contributed by atoms with Crippen molar-refractivity contribution in [3.8, 4) is 0 Å². The second-order valence-corrected chi connectivity index (χ2v) is 6.84. The van der Waals surface area contributed by atoms with Gasteiger partial charge >= 0.3 is 5.97 Å². The Balaban J connectivity index is 1.48. The summed E-state index contributed by atoms with van der Waals surface area (Å²) < 4.78 is 2.05. The third kappa shape index (κ3) is 4.31. The van der Waals surface area contributed by atoms with Crippen LogP contribution in [0, 0.1) is 5.92 Å². The first-order valence-electron chi connectivity index (χ1n) is 9.16. The van der Waals surface area contributed by atoms with E-state index in [0.29, 0.717) is 24.4 Å². The molecule has 1 aromatic heterocycles. The maximum atomic E-state index is 12.5. The van der Waals surface area contributed by atoms with Gasteiger partial charge in [0, 0.05) is 44.9 Å². The SMILES string of the molecule is CCc1nccn1CCC(=O)N1CCC(Cc2ccc(C(=O)O)cc2)C1. The molecule has 138 valence electrons. The van der Waals surface area contributed by atoms with Gasteiger partial charge in [-0.3, -0.25) is 4.79 Å². The van der Waals surface area contributed by atoms with E-state index in [1.807, 2.05) is 23.2 Å². The smallest absolute Gasteiger partial charge is 0.335 e. The fraction of sp³-hybridized carbons (Fsp3) is 0.450. The van der Waals surface area contributed by atoms with Crippen LogP contribution in [0.5, 0.6) is 0 Å². The molecule has 1 aliphatic rings. The molecule has 1 N–H and O–H groups in total. The van der Waals surface area contributed by atoms with Crippen molar-refractivity contribution in [3.63, 3.8) is 0 Å². The molecule has 2 heterocycles. The first-order chi connectivity index (χ1) is 12.6. The lowest BCUT2D eigenvalue weighted by molar-refractivity contribution is -0.130. The largest absolute Gasteiger partial charge is 0.478 e. The molecule has 1 fully saturated rings. The van der Waals surface area contributed by atoms with Gasteiger partial charge in [-0.2, -0.15) is 0 Å². The number of imidazole rings is 1. The van der Waals surface area contributed by atoms with E-state index >= 15 is 0 Å². The molecule has 6 heteroatoms. The van der Waals surface area contributed by atoms with Crippen LogP contribution in [-0.2, 0) is 24.2 Å². The van der Waals surface area contributed by atoms with Crippen LogP contribution in [0.2, 0.25) is 0 Å². The fourth-order valence-electron chi connectivity index (χ4n) is 3.57. The van der Waals surface area contributed by atoms with Crippen molar-refractivity contribution in [2.45, 2.75) is 39.2 Å². The standard InChI is InChI=1S/C20H25N3O3/c1-2-18-21-9-12-22(18)11-8-19(24)23-10-7-16(14-23)13-15-3-5-17(6-4-15)20(25)26/h3-6,9,12,16H,2,7-8,10-11,13-14H2,1H3,(H,25,26). The number of aromatic carboxylic acids is 1. The monoisotopic (exact) mass is 355 g/mol. The zero-order chi connectivity index (χ0) is 18.5. The van der Waals surface area contributed by atoms with Gasteiger partial charge in [-0.15, -0.1) is 0 Å². The van der Waals surface area contributed by atoms with Gasteiger partial charge in [-0.25, -0.2) is 9.78 Å². The molecule has 3 rings (SSSR count). The number of aromatic nitrogens is 2. The summed E-state index contributed by atoms with van der Waals surface area (Å²) in [6.45, 7) is 4.33. The lowest BCUT2D eigenvalue weighted by atomic mass is 9.98. The Morgan fingerprint density at radius 2 is 2.04 bits per heavy atom. The Hall–Kier alpha value is -2.63. The topological polar surface area (TPSA) is 75.4 Å². The minimum absolute atomic E-state index is 0.199. The average molecular weight is 355 g/mol. The molecule has 1 aromatic carbocycles. The number of rotatable bonds is 7. The molecular formula is C20H25N3O3. The number of carboxylic acid groups (broad SMARTS) is 1. The number of carbonyl (C=O) groups is 2. The Morgan fingerprint density at radius 1 is 1.27 bits per heavy atom. The Bertz CT molecular complexity index is 767. The van der Waals surface area contributed by atoms with E-state index in [4.69, 9.17) is 5.11 Å². The minimum Gasteiger partial charge on any atom is -0.478 e. The Labute approximate surface area is 153 Å². The highest BCUT2D eigenvalue weighted by molar-refractivity contribution is 5.87. The molecule has 1 aliphatic heterocycles. The van der Waals surface area contributed by atoms with Crippen LogP contribution in [-0.4, -0.2) is 44.5 Å². The lowest BCUT2D eigenvalue weighted by Crippen LogP contribution is -2.29. The van der Waals surface area contributed by atoms with Crippen molar-refractivity contribution in [1.82, 2.24) is 14.5 Å². The van der Waals surface area contributed by atoms with E-state index in [1.54, 1.807) is 18.3 Å². The highest BCUT2D eigenvalue weighted by atomic mass is 16.4. The van der Waals surface area contributed by atoms with Gasteiger partial charge in [0.05, 0.1) is 5.56 Å². The van der Waals surface area contributed by atoms with Gasteiger partial charge in [-0.05, 0) is 36.5 Å². The fourth-order valence-corrected chi connectivity index (χ4v) is 3.57. The zero-order valence-electron chi connectivity index (χ0n) is 15.1. The number of aryl methyl sites for hydroxylation is 2. The van der Waals surface area contributed by atoms with E-state index in [2.05, 4.69) is 16.5 Å². The van der Waals surface area contributed by atoms with Crippen molar-refractivity contribution < 1.29 is 14.7 Å². The van der Waals surface area contributed by atoms with Crippen molar-refractivity contribution >= 4 is 11.9 Å². The van der Waals surface area contributed by atoms with Crippen molar-refractivity contribution in [2.24, 2.45) is 5.92 Å². The maximum Gasteiger partial charge on any atom is 0.335 e. The van der Waals surface area contributed by atoms with Crippen LogP contribution in [0.4, 0.5) is 0 Å². The lowest BCUT2D eigenvalue weighted by Gasteiger charge is -2.17. The maximum absolute atomic E-state index is 12.5. The van der Waals surface area contributed by atoms with E-state index in [9.17, 15) is 9.59 Å². The third-order valence-corrected chi connectivity index (χ3v) is 5.05. The van der Waals surface area contributed by atoms with E-state index in [1.165, 1.54) is 0 Å². The number of amides is 1. The summed E-state index contributed by atoms with van der Waals surface area (Å²) in [5.41, 5.74) is 1.43. The highest BCUT2D eigenvalue weighted by Crippen LogP contribution is 2.22. The number of carbonyl (C=O) groups excluding carboxylic acids is 1. The van der Waals surface area contributed by atoms with Gasteiger partial charge in [0.15, 0.2) is 0 Å². The van der Waals surface area contributed by atoms with Gasteiger partial charge in [0.25, 0.3) is 0 Å². The zero-order valence-corrected chi connectivity index (χ0v) is 15.1. The molecule has 6 nitrogen and oxygen atoms in total. The van der Waals surface area contributed by atoms with Crippen molar-refractivity contribution in [2.75, 3.05) is 13.1 Å². The summed E-state index contributed by atoms with van der Waals surface area (Å²) in [7, 11) is 0. The Kier molecular flexibility index (Phi) is 5.71. The highest BCUT2D eigenvalue weighted by Gasteiger charge is 2.26. The van der Waals surface area contributed by atoms with Crippen LogP contribution in [0.3, 0.4) is 0 Å². The third-order valence-electron chi connectivity index (χ3n) is 5.05. The number of likely N-dealkylation sites (tertiary alicyclic amines) is 1. The van der Waals surface area contributed by atoms with Gasteiger partial charge < -0.3 is 14.6 Å². The van der Waals surface area contributed by atoms with Crippen LogP contribution in [0.15, 0.2) is 36.7 Å². The Morgan fingerprint density at radius 3 is 2.73 bits per heavy atom. The van der Waals surface area contributed by atoms with E-state index in [0.717, 1.165) is 43.7 Å². The summed E-state index contributed by atoms with van der Waals surface area (Å²) >= 11 is 0. The molecular weight excluding hydrogens is 330 g/mol. The van der Waals surface area contributed by atoms with Gasteiger partial charge in [-0.1, -0.05) is 19.1 Å². The van der Waals surface area contributed by atoms with Crippen LogP contribution in [0.25, 0.3) is 0 Å². The molecule has 0 aliphatic carbocycles. The number of carboxylic acids is 1. The van der Waals surface area contributed by atoms with E-state index < -0.39 is 5.97 Å². The van der Waals surface area contributed by atoms with E-state index in [-0.39, 0.29) is 5.91 Å². The molecule has 1 unspecified atom stereocenters. The summed E-state index contributed by atoms with van der Waals surface area (Å²) in [5.74, 6) is 0.749. The minimum atomic E-state index is -0.904. The number of hydrogen-bond donors (Lipinski definition) is 1. The summed E-state index contributed by atoms with van der Waals surface area (Å²) in [4.78, 5) is 29.6. The molecule has 1 saturated heterocycles. The molecule has 2 aromatic rings. The van der Waals surface area contributed by atoms with Crippen LogP contribution >= 0.6 is 0 Å². The van der Waals surface area contributed by atoms with Gasteiger partial charge in [0.1, 0.15) is 5.82 Å². The molecule has 0 spiro atoms. The molecule has 1 atom stereocenters. The quantitative estimate of drug-likeness (QED) is 0.828. The normalized spacial score (nSPS) is 16.8. The predicted octanol–water partition coefficient (Wildman–Crippen LogP) is 2.63. The molecule has 1 amide bonds. The van der Waals surface area contributed by atoms with Crippen LogP contribution in [0.1, 0.15) is 41.5 Å². The van der Waals surface area contributed by atoms with Crippen molar-refractivity contribution in [3.05, 3.63) is 53.6 Å². The molecule has 0 saturated carbocycles. The first-order valence-corrected chi connectivity index (χ1v) is 9.16. The predicted molar refractivity (Wildman–Crippen MR) is 98.0 cm³/mol. The van der Waals surface area contributed by atoms with Crippen LogP contribution < -0.4 is 0 Å². The number of benzene rings is 1. The number of hydrogen-bond acceptors (Lipinski definition) is 3. The second-order valence-electron chi connectivity index (χ2n) is 6.84.